The zero-order valence-electron chi connectivity index (χ0n) is 9.64. The van der Waals surface area contributed by atoms with E-state index in [1.165, 1.54) is 0 Å². The first-order chi connectivity index (χ1) is 7.59. The van der Waals surface area contributed by atoms with Crippen LogP contribution in [0.5, 0.6) is 0 Å². The summed E-state index contributed by atoms with van der Waals surface area (Å²) in [7, 11) is 1.98. The summed E-state index contributed by atoms with van der Waals surface area (Å²) in [5, 5.41) is 8.99. The molecule has 0 bridgehead atoms. The van der Waals surface area contributed by atoms with E-state index in [0.717, 1.165) is 30.7 Å². The molecule has 2 rings (SSSR count). The minimum atomic E-state index is -0.674. The number of nitrogens with zero attached hydrogens (tertiary/aromatic N) is 1. The zero-order chi connectivity index (χ0) is 11.7. The van der Waals surface area contributed by atoms with Crippen LogP contribution in [-0.4, -0.2) is 29.1 Å². The van der Waals surface area contributed by atoms with Crippen molar-refractivity contribution in [1.82, 2.24) is 4.90 Å². The predicted molar refractivity (Wildman–Crippen MR) is 59.1 cm³/mol. The van der Waals surface area contributed by atoms with Crippen molar-refractivity contribution in [3.8, 4) is 0 Å². The molecule has 0 spiro atoms. The molecule has 0 saturated heterocycles. The van der Waals surface area contributed by atoms with Gasteiger partial charge in [0.1, 0.15) is 5.76 Å². The van der Waals surface area contributed by atoms with Gasteiger partial charge in [0.15, 0.2) is 0 Å². The third-order valence-electron chi connectivity index (χ3n) is 3.51. The average Bonchev–Trinajstić information content (AvgIpc) is 2.48. The molecule has 1 heterocycles. The van der Waals surface area contributed by atoms with Crippen molar-refractivity contribution in [3.63, 3.8) is 0 Å². The molecule has 1 N–H and O–H groups in total. The Morgan fingerprint density at radius 2 is 2.38 bits per heavy atom. The molecule has 0 amide bonds. The fourth-order valence-electron chi connectivity index (χ4n) is 2.26. The first-order valence-corrected chi connectivity index (χ1v) is 5.55. The number of hydrogen-bond acceptors (Lipinski definition) is 3. The van der Waals surface area contributed by atoms with E-state index in [-0.39, 0.29) is 12.0 Å². The molecule has 2 unspecified atom stereocenters. The van der Waals surface area contributed by atoms with Gasteiger partial charge in [-0.05, 0) is 32.9 Å². The molecule has 0 aliphatic heterocycles. The molecule has 88 valence electrons. The second-order valence-corrected chi connectivity index (χ2v) is 4.51. The minimum absolute atomic E-state index is 0.173. The van der Waals surface area contributed by atoms with Gasteiger partial charge in [-0.3, -0.25) is 9.69 Å². The summed E-state index contributed by atoms with van der Waals surface area (Å²) in [5.41, 5.74) is 1.14. The number of furan rings is 1. The van der Waals surface area contributed by atoms with Crippen molar-refractivity contribution >= 4 is 5.97 Å². The van der Waals surface area contributed by atoms with Crippen molar-refractivity contribution in [2.45, 2.75) is 32.4 Å². The smallest absolute Gasteiger partial charge is 0.308 e. The highest BCUT2D eigenvalue weighted by molar-refractivity contribution is 5.72. The first kappa shape index (κ1) is 11.2. The number of rotatable bonds is 4. The molecule has 1 aromatic rings. The number of carboxylic acid groups (broad SMARTS) is 1. The lowest BCUT2D eigenvalue weighted by molar-refractivity contribution is -0.148. The Morgan fingerprint density at radius 3 is 2.81 bits per heavy atom. The number of carboxylic acids is 1. The van der Waals surface area contributed by atoms with Crippen LogP contribution >= 0.6 is 0 Å². The third-order valence-corrected chi connectivity index (χ3v) is 3.51. The third kappa shape index (κ3) is 1.97. The zero-order valence-corrected chi connectivity index (χ0v) is 9.64. The van der Waals surface area contributed by atoms with Crippen molar-refractivity contribution in [3.05, 3.63) is 23.7 Å². The molecule has 1 saturated carbocycles. The van der Waals surface area contributed by atoms with Crippen LogP contribution in [0.25, 0.3) is 0 Å². The second kappa shape index (κ2) is 4.29. The Balaban J connectivity index is 1.96. The normalized spacial score (nSPS) is 24.4. The van der Waals surface area contributed by atoms with Crippen molar-refractivity contribution in [2.24, 2.45) is 5.92 Å². The van der Waals surface area contributed by atoms with Gasteiger partial charge in [0.05, 0.1) is 12.2 Å². The van der Waals surface area contributed by atoms with Crippen LogP contribution in [0, 0.1) is 12.8 Å². The van der Waals surface area contributed by atoms with Crippen LogP contribution in [0.1, 0.15) is 24.2 Å². The van der Waals surface area contributed by atoms with Gasteiger partial charge in [-0.25, -0.2) is 0 Å². The Hall–Kier alpha value is -1.29. The second-order valence-electron chi connectivity index (χ2n) is 4.51. The Morgan fingerprint density at radius 1 is 1.62 bits per heavy atom. The largest absolute Gasteiger partial charge is 0.481 e. The standard InChI is InChI=1S/C12H17NO3/c1-8-9(5-6-16-8)7-13(2)11-4-3-10(11)12(14)15/h5-6,10-11H,3-4,7H2,1-2H3,(H,14,15). The summed E-state index contributed by atoms with van der Waals surface area (Å²) < 4.78 is 5.23. The number of hydrogen-bond donors (Lipinski definition) is 1. The topological polar surface area (TPSA) is 53.7 Å². The van der Waals surface area contributed by atoms with Gasteiger partial charge >= 0.3 is 5.97 Å². The Kier molecular flexibility index (Phi) is 3.01. The fourth-order valence-corrected chi connectivity index (χ4v) is 2.26. The molecule has 4 nitrogen and oxygen atoms in total. The molecule has 1 aliphatic rings. The maximum Gasteiger partial charge on any atom is 0.308 e. The van der Waals surface area contributed by atoms with E-state index < -0.39 is 5.97 Å². The molecular weight excluding hydrogens is 206 g/mol. The SMILES string of the molecule is Cc1occc1CN(C)C1CCC1C(=O)O. The van der Waals surface area contributed by atoms with E-state index >= 15 is 0 Å². The monoisotopic (exact) mass is 223 g/mol. The summed E-state index contributed by atoms with van der Waals surface area (Å²) >= 11 is 0. The van der Waals surface area contributed by atoms with Crippen LogP contribution in [0.3, 0.4) is 0 Å². The summed E-state index contributed by atoms with van der Waals surface area (Å²) in [4.78, 5) is 13.0. The lowest BCUT2D eigenvalue weighted by Crippen LogP contribution is -2.48. The van der Waals surface area contributed by atoms with Crippen molar-refractivity contribution in [1.29, 1.82) is 0 Å². The first-order valence-electron chi connectivity index (χ1n) is 5.55. The Labute approximate surface area is 94.9 Å². The van der Waals surface area contributed by atoms with Gasteiger partial charge in [-0.1, -0.05) is 0 Å². The maximum atomic E-state index is 10.9. The lowest BCUT2D eigenvalue weighted by Gasteiger charge is -2.40. The van der Waals surface area contributed by atoms with Crippen molar-refractivity contribution < 1.29 is 14.3 Å². The van der Waals surface area contributed by atoms with Crippen LogP contribution < -0.4 is 0 Å². The highest BCUT2D eigenvalue weighted by Gasteiger charge is 2.39. The van der Waals surface area contributed by atoms with Gasteiger partial charge in [-0.15, -0.1) is 0 Å². The highest BCUT2D eigenvalue weighted by atomic mass is 16.4. The highest BCUT2D eigenvalue weighted by Crippen LogP contribution is 2.32. The average molecular weight is 223 g/mol. The van der Waals surface area contributed by atoms with Gasteiger partial charge < -0.3 is 9.52 Å². The molecule has 1 fully saturated rings. The molecule has 0 radical (unpaired) electrons. The van der Waals surface area contributed by atoms with Gasteiger partial charge in [0.2, 0.25) is 0 Å². The van der Waals surface area contributed by atoms with E-state index in [9.17, 15) is 4.79 Å². The lowest BCUT2D eigenvalue weighted by atomic mass is 9.78. The van der Waals surface area contributed by atoms with Gasteiger partial charge in [0, 0.05) is 18.2 Å². The van der Waals surface area contributed by atoms with E-state index in [2.05, 4.69) is 4.90 Å². The van der Waals surface area contributed by atoms with E-state index in [1.54, 1.807) is 6.26 Å². The number of carbonyl (C=O) groups is 1. The van der Waals surface area contributed by atoms with Crippen molar-refractivity contribution in [2.75, 3.05) is 7.05 Å². The van der Waals surface area contributed by atoms with Crippen LogP contribution in [0.2, 0.25) is 0 Å². The van der Waals surface area contributed by atoms with Gasteiger partial charge in [-0.2, -0.15) is 0 Å². The minimum Gasteiger partial charge on any atom is -0.481 e. The van der Waals surface area contributed by atoms with E-state index in [1.807, 2.05) is 20.0 Å². The van der Waals surface area contributed by atoms with Gasteiger partial charge in [0.25, 0.3) is 0 Å². The quantitative estimate of drug-likeness (QED) is 0.846. The Bertz CT molecular complexity index is 385. The van der Waals surface area contributed by atoms with Crippen LogP contribution in [0.15, 0.2) is 16.7 Å². The van der Waals surface area contributed by atoms with E-state index in [4.69, 9.17) is 9.52 Å². The molecule has 1 aromatic heterocycles. The molecule has 16 heavy (non-hydrogen) atoms. The number of aliphatic carboxylic acids is 1. The molecule has 4 heteroatoms. The maximum absolute atomic E-state index is 10.9. The summed E-state index contributed by atoms with van der Waals surface area (Å²) in [6.07, 6.45) is 3.45. The number of aryl methyl sites for hydroxylation is 1. The predicted octanol–water partition coefficient (Wildman–Crippen LogP) is 1.88. The summed E-state index contributed by atoms with van der Waals surface area (Å²) in [6, 6.07) is 2.12. The molecule has 2 atom stereocenters. The van der Waals surface area contributed by atoms with E-state index in [0.29, 0.717) is 0 Å². The van der Waals surface area contributed by atoms with Crippen LogP contribution in [0.4, 0.5) is 0 Å². The molecule has 0 aromatic carbocycles. The summed E-state index contributed by atoms with van der Waals surface area (Å²) in [5.74, 6) is 0.0438. The molecule has 1 aliphatic carbocycles. The summed E-state index contributed by atoms with van der Waals surface area (Å²) in [6.45, 7) is 2.69. The molecular formula is C12H17NO3. The fraction of sp³-hybridized carbons (Fsp3) is 0.583. The van der Waals surface area contributed by atoms with Crippen LogP contribution in [-0.2, 0) is 11.3 Å².